The van der Waals surface area contributed by atoms with E-state index in [4.69, 9.17) is 9.47 Å². The zero-order valence-corrected chi connectivity index (χ0v) is 12.4. The Bertz CT molecular complexity index is 688. The third-order valence-corrected chi connectivity index (χ3v) is 3.61. The Hall–Kier alpha value is -2.28. The monoisotopic (exact) mass is 350 g/mol. The van der Waals surface area contributed by atoms with Crippen molar-refractivity contribution < 1.29 is 14.4 Å². The van der Waals surface area contributed by atoms with E-state index in [9.17, 15) is 10.1 Å². The molecule has 108 valence electrons. The maximum Gasteiger partial charge on any atom is 0.296 e. The van der Waals surface area contributed by atoms with Gasteiger partial charge in [-0.05, 0) is 17.7 Å². The molecule has 1 aliphatic heterocycles. The van der Waals surface area contributed by atoms with E-state index in [2.05, 4.69) is 21.2 Å². The minimum Gasteiger partial charge on any atom is -0.454 e. The Morgan fingerprint density at radius 3 is 2.52 bits per heavy atom. The van der Waals surface area contributed by atoms with E-state index in [0.29, 0.717) is 23.7 Å². The predicted octanol–water partition coefficient (Wildman–Crippen LogP) is 3.70. The molecule has 2 aromatic rings. The van der Waals surface area contributed by atoms with Crippen LogP contribution in [0.4, 0.5) is 11.4 Å². The summed E-state index contributed by atoms with van der Waals surface area (Å²) in [4.78, 5) is 10.7. The molecule has 1 aliphatic rings. The largest absolute Gasteiger partial charge is 0.454 e. The van der Waals surface area contributed by atoms with Gasteiger partial charge in [0, 0.05) is 17.1 Å². The third kappa shape index (κ3) is 2.92. The van der Waals surface area contributed by atoms with Crippen molar-refractivity contribution in [1.29, 1.82) is 0 Å². The molecule has 0 amide bonds. The van der Waals surface area contributed by atoms with Crippen LogP contribution >= 0.6 is 15.9 Å². The molecule has 0 radical (unpaired) electrons. The lowest BCUT2D eigenvalue weighted by molar-refractivity contribution is -0.384. The molecule has 0 aromatic heterocycles. The van der Waals surface area contributed by atoms with Gasteiger partial charge in [0.2, 0.25) is 6.79 Å². The minimum absolute atomic E-state index is 0.0311. The zero-order chi connectivity index (χ0) is 14.8. The number of rotatable bonds is 4. The summed E-state index contributed by atoms with van der Waals surface area (Å²) < 4.78 is 11.4. The van der Waals surface area contributed by atoms with E-state index in [-0.39, 0.29) is 12.5 Å². The van der Waals surface area contributed by atoms with Crippen LogP contribution in [-0.4, -0.2) is 11.7 Å². The second-order valence-electron chi connectivity index (χ2n) is 4.46. The molecule has 1 N–H and O–H groups in total. The summed E-state index contributed by atoms with van der Waals surface area (Å²) in [5, 5.41) is 14.2. The molecule has 0 fully saturated rings. The Labute approximate surface area is 129 Å². The fourth-order valence-corrected chi connectivity index (χ4v) is 2.29. The number of benzene rings is 2. The van der Waals surface area contributed by atoms with E-state index in [0.717, 1.165) is 10.0 Å². The number of nitro benzene ring substituents is 1. The Morgan fingerprint density at radius 1 is 1.19 bits per heavy atom. The Morgan fingerprint density at radius 2 is 1.86 bits per heavy atom. The summed E-state index contributed by atoms with van der Waals surface area (Å²) in [6.45, 7) is 0.566. The van der Waals surface area contributed by atoms with Crippen molar-refractivity contribution in [3.05, 3.63) is 56.5 Å². The highest BCUT2D eigenvalue weighted by Gasteiger charge is 2.23. The lowest BCUT2D eigenvalue weighted by atomic mass is 10.2. The van der Waals surface area contributed by atoms with Gasteiger partial charge in [-0.15, -0.1) is 0 Å². The number of nitrogens with one attached hydrogen (secondary N) is 1. The normalized spacial score (nSPS) is 12.2. The molecule has 0 aliphatic carbocycles. The molecular formula is C14H11BrN2O4. The van der Waals surface area contributed by atoms with Crippen molar-refractivity contribution in [3.8, 4) is 11.5 Å². The smallest absolute Gasteiger partial charge is 0.296 e. The van der Waals surface area contributed by atoms with Gasteiger partial charge in [-0.2, -0.15) is 0 Å². The number of nitrogens with zero attached hydrogens (tertiary/aromatic N) is 1. The molecule has 0 atom stereocenters. The first-order chi connectivity index (χ1) is 10.1. The first kappa shape index (κ1) is 13.7. The second kappa shape index (κ2) is 5.61. The zero-order valence-electron chi connectivity index (χ0n) is 10.8. The molecule has 1 heterocycles. The molecule has 3 rings (SSSR count). The van der Waals surface area contributed by atoms with Gasteiger partial charge in [0.1, 0.15) is 5.69 Å². The average molecular weight is 351 g/mol. The van der Waals surface area contributed by atoms with Gasteiger partial charge in [-0.1, -0.05) is 28.1 Å². The molecule has 7 heteroatoms. The van der Waals surface area contributed by atoms with Crippen LogP contribution in [0.5, 0.6) is 11.5 Å². The van der Waals surface area contributed by atoms with Crippen LogP contribution in [0.2, 0.25) is 0 Å². The van der Waals surface area contributed by atoms with Gasteiger partial charge in [0.15, 0.2) is 11.5 Å². The van der Waals surface area contributed by atoms with Crippen LogP contribution < -0.4 is 14.8 Å². The number of ether oxygens (including phenoxy) is 2. The summed E-state index contributed by atoms with van der Waals surface area (Å²) in [7, 11) is 0. The topological polar surface area (TPSA) is 73.6 Å². The van der Waals surface area contributed by atoms with Gasteiger partial charge < -0.3 is 14.8 Å². The van der Waals surface area contributed by atoms with Crippen LogP contribution in [0.25, 0.3) is 0 Å². The van der Waals surface area contributed by atoms with Crippen LogP contribution in [0.15, 0.2) is 40.9 Å². The summed E-state index contributed by atoms with van der Waals surface area (Å²) in [6, 6.07) is 10.7. The van der Waals surface area contributed by atoms with Crippen molar-refractivity contribution in [2.75, 3.05) is 12.1 Å². The first-order valence-corrected chi connectivity index (χ1v) is 6.99. The van der Waals surface area contributed by atoms with E-state index in [1.165, 1.54) is 6.07 Å². The fraction of sp³-hybridized carbons (Fsp3) is 0.143. The molecule has 0 saturated carbocycles. The number of hydrogen-bond donors (Lipinski definition) is 1. The molecule has 0 spiro atoms. The standard InChI is InChI=1S/C14H11BrN2O4/c15-10-3-1-9(2-4-10)7-16-11-5-13-14(21-8-20-13)6-12(11)17(18)19/h1-6,16H,7-8H2. The fourth-order valence-electron chi connectivity index (χ4n) is 2.02. The lowest BCUT2D eigenvalue weighted by Crippen LogP contribution is -2.02. The number of nitro groups is 1. The summed E-state index contributed by atoms with van der Waals surface area (Å²) in [5.41, 5.74) is 1.40. The minimum atomic E-state index is -0.439. The summed E-state index contributed by atoms with van der Waals surface area (Å²) in [5.74, 6) is 0.912. The Balaban J connectivity index is 1.84. The average Bonchev–Trinajstić information content (AvgIpc) is 2.92. The first-order valence-electron chi connectivity index (χ1n) is 6.20. The van der Waals surface area contributed by atoms with Gasteiger partial charge in [0.25, 0.3) is 5.69 Å². The van der Waals surface area contributed by atoms with Crippen molar-refractivity contribution >= 4 is 27.3 Å². The van der Waals surface area contributed by atoms with E-state index in [1.54, 1.807) is 6.07 Å². The van der Waals surface area contributed by atoms with Crippen LogP contribution in [-0.2, 0) is 6.54 Å². The summed E-state index contributed by atoms with van der Waals surface area (Å²) in [6.07, 6.45) is 0. The lowest BCUT2D eigenvalue weighted by Gasteiger charge is -2.08. The van der Waals surface area contributed by atoms with Crippen molar-refractivity contribution in [3.63, 3.8) is 0 Å². The maximum atomic E-state index is 11.1. The number of hydrogen-bond acceptors (Lipinski definition) is 5. The van der Waals surface area contributed by atoms with Crippen LogP contribution in [0, 0.1) is 10.1 Å². The number of anilines is 1. The molecule has 2 aromatic carbocycles. The van der Waals surface area contributed by atoms with Gasteiger partial charge in [-0.25, -0.2) is 0 Å². The highest BCUT2D eigenvalue weighted by Crippen LogP contribution is 2.40. The molecule has 0 bridgehead atoms. The number of halogens is 1. The molecular weight excluding hydrogens is 340 g/mol. The molecule has 0 unspecified atom stereocenters. The van der Waals surface area contributed by atoms with Crippen molar-refractivity contribution in [1.82, 2.24) is 0 Å². The van der Waals surface area contributed by atoms with Gasteiger partial charge >= 0.3 is 0 Å². The van der Waals surface area contributed by atoms with Gasteiger partial charge in [0.05, 0.1) is 11.0 Å². The van der Waals surface area contributed by atoms with Crippen molar-refractivity contribution in [2.24, 2.45) is 0 Å². The molecule has 21 heavy (non-hydrogen) atoms. The van der Waals surface area contributed by atoms with E-state index in [1.807, 2.05) is 24.3 Å². The SMILES string of the molecule is O=[N+]([O-])c1cc2c(cc1NCc1ccc(Br)cc1)OCO2. The maximum absolute atomic E-state index is 11.1. The predicted molar refractivity (Wildman–Crippen MR) is 80.7 cm³/mol. The summed E-state index contributed by atoms with van der Waals surface area (Å²) >= 11 is 3.37. The quantitative estimate of drug-likeness (QED) is 0.672. The highest BCUT2D eigenvalue weighted by atomic mass is 79.9. The van der Waals surface area contributed by atoms with E-state index < -0.39 is 4.92 Å². The number of fused-ring (bicyclic) bond motifs is 1. The van der Waals surface area contributed by atoms with Crippen LogP contribution in [0.1, 0.15) is 5.56 Å². The molecule has 6 nitrogen and oxygen atoms in total. The highest BCUT2D eigenvalue weighted by molar-refractivity contribution is 9.10. The second-order valence-corrected chi connectivity index (χ2v) is 5.38. The van der Waals surface area contributed by atoms with Crippen molar-refractivity contribution in [2.45, 2.75) is 6.54 Å². The Kier molecular flexibility index (Phi) is 3.66. The van der Waals surface area contributed by atoms with Crippen LogP contribution in [0.3, 0.4) is 0 Å². The molecule has 0 saturated heterocycles. The van der Waals surface area contributed by atoms with E-state index >= 15 is 0 Å². The third-order valence-electron chi connectivity index (χ3n) is 3.08. The van der Waals surface area contributed by atoms with Gasteiger partial charge in [-0.3, -0.25) is 10.1 Å².